The van der Waals surface area contributed by atoms with Gasteiger partial charge in [0.1, 0.15) is 11.4 Å². The fourth-order valence-corrected chi connectivity index (χ4v) is 2.51. The number of anilines is 2. The van der Waals surface area contributed by atoms with Crippen molar-refractivity contribution in [1.29, 1.82) is 0 Å². The lowest BCUT2D eigenvalue weighted by Crippen LogP contribution is -2.39. The molecule has 1 N–H and O–H groups in total. The maximum atomic E-state index is 12.5. The van der Waals surface area contributed by atoms with E-state index in [9.17, 15) is 9.59 Å². The van der Waals surface area contributed by atoms with Crippen molar-refractivity contribution in [3.05, 3.63) is 53.7 Å². The average Bonchev–Trinajstić information content (AvgIpc) is 2.60. The molecule has 0 atom stereocenters. The van der Waals surface area contributed by atoms with Crippen LogP contribution in [0.3, 0.4) is 0 Å². The zero-order valence-electron chi connectivity index (χ0n) is 14.9. The zero-order valence-corrected chi connectivity index (χ0v) is 14.9. The van der Waals surface area contributed by atoms with Gasteiger partial charge in [0.05, 0.1) is 0 Å². The normalized spacial score (nSPS) is 10.4. The molecule has 0 aliphatic heterocycles. The first kappa shape index (κ1) is 18.4. The molecule has 1 aromatic heterocycles. The Labute approximate surface area is 147 Å². The second kappa shape index (κ2) is 8.28. The Kier molecular flexibility index (Phi) is 6.11. The van der Waals surface area contributed by atoms with Crippen molar-refractivity contribution in [2.45, 2.75) is 26.8 Å². The number of hydrogen-bond donors (Lipinski definition) is 1. The molecule has 0 spiro atoms. The van der Waals surface area contributed by atoms with Crippen molar-refractivity contribution < 1.29 is 14.3 Å². The predicted molar refractivity (Wildman–Crippen MR) is 97.9 cm³/mol. The smallest absolute Gasteiger partial charge is 0.342 e. The van der Waals surface area contributed by atoms with Gasteiger partial charge in [0, 0.05) is 24.5 Å². The van der Waals surface area contributed by atoms with Crippen LogP contribution in [0.15, 0.2) is 42.5 Å². The Morgan fingerprint density at radius 1 is 1.16 bits per heavy atom. The lowest BCUT2D eigenvalue weighted by molar-refractivity contribution is -0.122. The second-order valence-corrected chi connectivity index (χ2v) is 5.87. The van der Waals surface area contributed by atoms with Crippen molar-refractivity contribution in [3.63, 3.8) is 0 Å². The molecule has 0 aliphatic carbocycles. The molecular weight excluding hydrogens is 318 g/mol. The van der Waals surface area contributed by atoms with Gasteiger partial charge >= 0.3 is 5.97 Å². The van der Waals surface area contributed by atoms with E-state index in [4.69, 9.17) is 4.74 Å². The average molecular weight is 341 g/mol. The third-order valence-electron chi connectivity index (χ3n) is 3.64. The topological polar surface area (TPSA) is 71.5 Å². The molecule has 0 radical (unpaired) electrons. The molecule has 1 aromatic carbocycles. The highest BCUT2D eigenvalue weighted by Crippen LogP contribution is 2.18. The first-order chi connectivity index (χ1) is 11.9. The van der Waals surface area contributed by atoms with Crippen LogP contribution in [0.25, 0.3) is 0 Å². The van der Waals surface area contributed by atoms with Crippen molar-refractivity contribution >= 4 is 23.4 Å². The number of ether oxygens (including phenoxy) is 1. The third kappa shape index (κ3) is 4.56. The molecule has 1 heterocycles. The molecule has 0 aliphatic rings. The minimum absolute atomic E-state index is 0.0532. The van der Waals surface area contributed by atoms with Crippen LogP contribution >= 0.6 is 0 Å². The van der Waals surface area contributed by atoms with Gasteiger partial charge in [0.2, 0.25) is 0 Å². The van der Waals surface area contributed by atoms with E-state index in [2.05, 4.69) is 10.3 Å². The zero-order chi connectivity index (χ0) is 18.4. The maximum absolute atomic E-state index is 12.5. The lowest BCUT2D eigenvalue weighted by Gasteiger charge is -2.26. The molecule has 0 saturated carbocycles. The summed E-state index contributed by atoms with van der Waals surface area (Å²) in [6, 6.07) is 12.6. The molecule has 0 bridgehead atoms. The summed E-state index contributed by atoms with van der Waals surface area (Å²) in [5.41, 5.74) is 1.86. The molecule has 0 unspecified atom stereocenters. The lowest BCUT2D eigenvalue weighted by atomic mass is 10.2. The van der Waals surface area contributed by atoms with Crippen LogP contribution in [-0.2, 0) is 9.53 Å². The number of carbonyl (C=O) groups is 2. The van der Waals surface area contributed by atoms with E-state index in [1.807, 2.05) is 51.1 Å². The quantitative estimate of drug-likeness (QED) is 0.818. The Hall–Kier alpha value is -2.89. The summed E-state index contributed by atoms with van der Waals surface area (Å²) in [5, 5.41) is 2.86. The van der Waals surface area contributed by atoms with Crippen LogP contribution in [0.1, 0.15) is 29.9 Å². The number of aromatic nitrogens is 1. The first-order valence-corrected chi connectivity index (χ1v) is 8.13. The number of benzene rings is 1. The van der Waals surface area contributed by atoms with Crippen LogP contribution < -0.4 is 10.2 Å². The van der Waals surface area contributed by atoms with Gasteiger partial charge < -0.3 is 15.0 Å². The van der Waals surface area contributed by atoms with Gasteiger partial charge in [-0.1, -0.05) is 18.2 Å². The van der Waals surface area contributed by atoms with E-state index in [0.29, 0.717) is 11.4 Å². The number of nitrogens with zero attached hydrogens (tertiary/aromatic N) is 2. The van der Waals surface area contributed by atoms with E-state index < -0.39 is 5.97 Å². The maximum Gasteiger partial charge on any atom is 0.342 e. The second-order valence-electron chi connectivity index (χ2n) is 5.87. The number of pyridine rings is 1. The van der Waals surface area contributed by atoms with Gasteiger partial charge in [-0.25, -0.2) is 9.78 Å². The summed E-state index contributed by atoms with van der Waals surface area (Å²) in [6.45, 7) is 5.33. The number of aryl methyl sites for hydroxylation is 1. The minimum Gasteiger partial charge on any atom is -0.452 e. The van der Waals surface area contributed by atoms with Gasteiger partial charge in [-0.15, -0.1) is 0 Å². The van der Waals surface area contributed by atoms with Gasteiger partial charge in [-0.05, 0) is 45.0 Å². The Balaban J connectivity index is 2.09. The van der Waals surface area contributed by atoms with Gasteiger partial charge in [0.15, 0.2) is 6.61 Å². The van der Waals surface area contributed by atoms with E-state index in [-0.39, 0.29) is 18.6 Å². The number of para-hydroxylation sites is 1. The Bertz CT molecular complexity index is 745. The van der Waals surface area contributed by atoms with Crippen LogP contribution in [0.4, 0.5) is 11.5 Å². The van der Waals surface area contributed by atoms with Crippen LogP contribution in [-0.4, -0.2) is 36.6 Å². The van der Waals surface area contributed by atoms with E-state index >= 15 is 0 Å². The van der Waals surface area contributed by atoms with Crippen molar-refractivity contribution in [2.75, 3.05) is 23.9 Å². The fourth-order valence-electron chi connectivity index (χ4n) is 2.51. The van der Waals surface area contributed by atoms with Crippen LogP contribution in [0.5, 0.6) is 0 Å². The summed E-state index contributed by atoms with van der Waals surface area (Å²) in [6.07, 6.45) is 0. The molecule has 2 rings (SSSR count). The number of amides is 1. The highest BCUT2D eigenvalue weighted by Gasteiger charge is 2.21. The molecule has 0 fully saturated rings. The molecule has 6 nitrogen and oxygen atoms in total. The van der Waals surface area contributed by atoms with E-state index in [1.165, 1.54) is 0 Å². The number of esters is 1. The summed E-state index contributed by atoms with van der Waals surface area (Å²) < 4.78 is 5.21. The summed E-state index contributed by atoms with van der Waals surface area (Å²) >= 11 is 0. The molecular formula is C19H23N3O3. The fraction of sp³-hybridized carbons (Fsp3) is 0.316. The van der Waals surface area contributed by atoms with Crippen LogP contribution in [0, 0.1) is 6.92 Å². The molecule has 2 aromatic rings. The number of carbonyl (C=O) groups excluding carboxylic acids is 2. The van der Waals surface area contributed by atoms with Gasteiger partial charge in [0.25, 0.3) is 5.91 Å². The highest BCUT2D eigenvalue weighted by molar-refractivity contribution is 5.99. The monoisotopic (exact) mass is 341 g/mol. The standard InChI is InChI=1S/C19H23N3O3/c1-13(2)22(15-8-6-5-7-9-15)17(23)12-25-19(24)16-11-10-14(3)21-18(16)20-4/h5-11,13H,12H2,1-4H3,(H,20,21). The van der Waals surface area contributed by atoms with Crippen molar-refractivity contribution in [1.82, 2.24) is 4.98 Å². The SMILES string of the molecule is CNc1nc(C)ccc1C(=O)OCC(=O)N(c1ccccc1)C(C)C. The number of hydrogen-bond acceptors (Lipinski definition) is 5. The van der Waals surface area contributed by atoms with E-state index in [1.54, 1.807) is 24.1 Å². The van der Waals surface area contributed by atoms with Crippen LogP contribution in [0.2, 0.25) is 0 Å². The van der Waals surface area contributed by atoms with Crippen molar-refractivity contribution in [3.8, 4) is 0 Å². The van der Waals surface area contributed by atoms with Crippen molar-refractivity contribution in [2.24, 2.45) is 0 Å². The molecule has 6 heteroatoms. The predicted octanol–water partition coefficient (Wildman–Crippen LogP) is 3.03. The van der Waals surface area contributed by atoms with Gasteiger partial charge in [-0.3, -0.25) is 4.79 Å². The minimum atomic E-state index is -0.582. The number of rotatable bonds is 6. The summed E-state index contributed by atoms with van der Waals surface area (Å²) in [5.74, 6) is -0.427. The Morgan fingerprint density at radius 2 is 1.84 bits per heavy atom. The molecule has 25 heavy (non-hydrogen) atoms. The molecule has 1 amide bonds. The summed E-state index contributed by atoms with van der Waals surface area (Å²) in [4.78, 5) is 30.7. The first-order valence-electron chi connectivity index (χ1n) is 8.13. The summed E-state index contributed by atoms with van der Waals surface area (Å²) in [7, 11) is 1.68. The largest absolute Gasteiger partial charge is 0.452 e. The molecule has 0 saturated heterocycles. The third-order valence-corrected chi connectivity index (χ3v) is 3.64. The Morgan fingerprint density at radius 3 is 2.44 bits per heavy atom. The number of nitrogens with one attached hydrogen (secondary N) is 1. The van der Waals surface area contributed by atoms with Gasteiger partial charge in [-0.2, -0.15) is 0 Å². The van der Waals surface area contributed by atoms with E-state index in [0.717, 1.165) is 11.4 Å². The highest BCUT2D eigenvalue weighted by atomic mass is 16.5. The molecule has 132 valence electrons.